The molecule has 0 aromatic rings. The molecule has 1 aliphatic rings. The Morgan fingerprint density at radius 3 is 2.79 bits per heavy atom. The van der Waals surface area contributed by atoms with E-state index in [0.717, 1.165) is 6.54 Å². The van der Waals surface area contributed by atoms with Crippen molar-refractivity contribution in [2.45, 2.75) is 26.8 Å². The number of amides is 1. The predicted molar refractivity (Wildman–Crippen MR) is 53.1 cm³/mol. The maximum Gasteiger partial charge on any atom is 0.264 e. The minimum atomic E-state index is -0.159. The molecule has 0 aromatic carbocycles. The van der Waals surface area contributed by atoms with E-state index in [-0.39, 0.29) is 11.9 Å². The van der Waals surface area contributed by atoms with E-state index in [9.17, 15) is 4.79 Å². The van der Waals surface area contributed by atoms with Crippen LogP contribution in [0.2, 0.25) is 0 Å². The minimum absolute atomic E-state index is 0.159. The molecule has 0 bridgehead atoms. The third kappa shape index (κ3) is 3.23. The molecule has 6 heteroatoms. The molecule has 6 nitrogen and oxygen atoms in total. The van der Waals surface area contributed by atoms with Gasteiger partial charge in [-0.05, 0) is 13.8 Å². The molecule has 1 rings (SSSR count). The Kier molecular flexibility index (Phi) is 3.73. The van der Waals surface area contributed by atoms with E-state index in [4.69, 9.17) is 0 Å². The normalized spacial score (nSPS) is 17.4. The minimum Gasteiger partial charge on any atom is -0.368 e. The third-order valence-electron chi connectivity index (χ3n) is 1.49. The van der Waals surface area contributed by atoms with Crippen LogP contribution in [0.25, 0.3) is 0 Å². The van der Waals surface area contributed by atoms with Crippen LogP contribution in [0.4, 0.5) is 0 Å². The summed E-state index contributed by atoms with van der Waals surface area (Å²) in [4.78, 5) is 11.2. The topological polar surface area (TPSA) is 68.4 Å². The lowest BCUT2D eigenvalue weighted by Crippen LogP contribution is -2.61. The zero-order chi connectivity index (χ0) is 10.6. The van der Waals surface area contributed by atoms with Crippen molar-refractivity contribution >= 4 is 5.91 Å². The fourth-order valence-electron chi connectivity index (χ4n) is 1.08. The number of hydrazine groups is 3. The Labute approximate surface area is 83.6 Å². The second-order valence-electron chi connectivity index (χ2n) is 3.29. The monoisotopic (exact) mass is 199 g/mol. The number of carbonyl (C=O) groups excluding carboxylic acids is 1. The van der Waals surface area contributed by atoms with Gasteiger partial charge < -0.3 is 5.32 Å². The first-order valence-electron chi connectivity index (χ1n) is 4.71. The lowest BCUT2D eigenvalue weighted by molar-refractivity contribution is -0.126. The fourth-order valence-corrected chi connectivity index (χ4v) is 1.08. The summed E-state index contributed by atoms with van der Waals surface area (Å²) >= 11 is 0. The van der Waals surface area contributed by atoms with E-state index >= 15 is 0 Å². The van der Waals surface area contributed by atoms with E-state index in [1.807, 2.05) is 20.8 Å². The van der Waals surface area contributed by atoms with E-state index < -0.39 is 0 Å². The maximum absolute atomic E-state index is 11.2. The summed E-state index contributed by atoms with van der Waals surface area (Å²) in [5, 5.41) is 4.55. The van der Waals surface area contributed by atoms with Gasteiger partial charge >= 0.3 is 0 Å². The molecule has 0 fully saturated rings. The van der Waals surface area contributed by atoms with Gasteiger partial charge in [0.2, 0.25) is 0 Å². The summed E-state index contributed by atoms with van der Waals surface area (Å²) in [6.07, 6.45) is 1.48. The molecule has 0 radical (unpaired) electrons. The first-order valence-corrected chi connectivity index (χ1v) is 4.71. The molecule has 1 amide bonds. The quantitative estimate of drug-likeness (QED) is 0.477. The molecule has 0 atom stereocenters. The number of carbonyl (C=O) groups is 1. The summed E-state index contributed by atoms with van der Waals surface area (Å²) in [6.45, 7) is 6.68. The van der Waals surface area contributed by atoms with Gasteiger partial charge in [-0.2, -0.15) is 0 Å². The first-order chi connectivity index (χ1) is 6.61. The highest BCUT2D eigenvalue weighted by Gasteiger charge is 2.15. The Hall–Kier alpha value is -1.27. The Morgan fingerprint density at radius 2 is 2.21 bits per heavy atom. The van der Waals surface area contributed by atoms with Crippen LogP contribution >= 0.6 is 0 Å². The standard InChI is InChI=1S/C8H17N5O/c1-4-9-13-11-7(10-6(2)3)5-8(14)12-13/h5-6,9-11H,4H2,1-3H3,(H,12,14). The highest BCUT2D eigenvalue weighted by molar-refractivity contribution is 5.88. The molecular weight excluding hydrogens is 182 g/mol. The molecule has 0 spiro atoms. The molecule has 0 aromatic heterocycles. The number of nitrogens with one attached hydrogen (secondary N) is 4. The van der Waals surface area contributed by atoms with Crippen molar-refractivity contribution in [2.24, 2.45) is 0 Å². The van der Waals surface area contributed by atoms with Gasteiger partial charge in [-0.3, -0.25) is 15.6 Å². The van der Waals surface area contributed by atoms with Crippen molar-refractivity contribution in [3.05, 3.63) is 11.9 Å². The van der Waals surface area contributed by atoms with Crippen LogP contribution in [0.1, 0.15) is 20.8 Å². The van der Waals surface area contributed by atoms with Crippen molar-refractivity contribution in [3.63, 3.8) is 0 Å². The Balaban J connectivity index is 2.54. The van der Waals surface area contributed by atoms with Crippen molar-refractivity contribution in [1.82, 2.24) is 26.8 Å². The molecule has 4 N–H and O–H groups in total. The number of rotatable bonds is 4. The van der Waals surface area contributed by atoms with Gasteiger partial charge in [0, 0.05) is 18.7 Å². The highest BCUT2D eigenvalue weighted by Crippen LogP contribution is 1.93. The summed E-state index contributed by atoms with van der Waals surface area (Å²) in [6, 6.07) is 0.281. The van der Waals surface area contributed by atoms with Gasteiger partial charge in [0.05, 0.1) is 0 Å². The van der Waals surface area contributed by atoms with Crippen molar-refractivity contribution in [2.75, 3.05) is 6.54 Å². The van der Waals surface area contributed by atoms with E-state index in [2.05, 4.69) is 21.6 Å². The summed E-state index contributed by atoms with van der Waals surface area (Å²) in [7, 11) is 0. The molecular formula is C8H17N5O. The van der Waals surface area contributed by atoms with Gasteiger partial charge in [-0.15, -0.1) is 0 Å². The average Bonchev–Trinajstić information content (AvgIpc) is 2.01. The second kappa shape index (κ2) is 4.83. The maximum atomic E-state index is 11.2. The van der Waals surface area contributed by atoms with Crippen LogP contribution in [0.15, 0.2) is 11.9 Å². The number of hydrogen-bond donors (Lipinski definition) is 4. The van der Waals surface area contributed by atoms with Crippen molar-refractivity contribution in [3.8, 4) is 0 Å². The summed E-state index contributed by atoms with van der Waals surface area (Å²) in [5.41, 5.74) is 8.46. The zero-order valence-electron chi connectivity index (χ0n) is 8.72. The van der Waals surface area contributed by atoms with E-state index in [1.54, 1.807) is 0 Å². The van der Waals surface area contributed by atoms with Crippen LogP contribution < -0.4 is 21.6 Å². The van der Waals surface area contributed by atoms with Crippen molar-refractivity contribution in [1.29, 1.82) is 0 Å². The lowest BCUT2D eigenvalue weighted by atomic mass is 10.4. The smallest absolute Gasteiger partial charge is 0.264 e. The second-order valence-corrected chi connectivity index (χ2v) is 3.29. The van der Waals surface area contributed by atoms with Gasteiger partial charge in [-0.25, -0.2) is 5.43 Å². The lowest BCUT2D eigenvalue weighted by Gasteiger charge is -2.30. The van der Waals surface area contributed by atoms with Gasteiger partial charge in [-0.1, -0.05) is 12.2 Å². The molecule has 0 saturated carbocycles. The average molecular weight is 199 g/mol. The predicted octanol–water partition coefficient (Wildman–Crippen LogP) is -0.798. The molecule has 0 saturated heterocycles. The number of hydrogen-bond acceptors (Lipinski definition) is 5. The van der Waals surface area contributed by atoms with Crippen LogP contribution in [-0.2, 0) is 4.79 Å². The Bertz CT molecular complexity index is 238. The van der Waals surface area contributed by atoms with Crippen LogP contribution in [-0.4, -0.2) is 23.7 Å². The largest absolute Gasteiger partial charge is 0.368 e. The van der Waals surface area contributed by atoms with E-state index in [0.29, 0.717) is 5.82 Å². The molecule has 14 heavy (non-hydrogen) atoms. The molecule has 1 heterocycles. The molecule has 80 valence electrons. The molecule has 1 aliphatic heterocycles. The summed E-state index contributed by atoms with van der Waals surface area (Å²) < 4.78 is 0. The first kappa shape index (κ1) is 10.8. The fraction of sp³-hybridized carbons (Fsp3) is 0.625. The van der Waals surface area contributed by atoms with Gasteiger partial charge in [0.25, 0.3) is 5.91 Å². The van der Waals surface area contributed by atoms with Gasteiger partial charge in [0.15, 0.2) is 0 Å². The van der Waals surface area contributed by atoms with Crippen LogP contribution in [0.3, 0.4) is 0 Å². The Morgan fingerprint density at radius 1 is 1.50 bits per heavy atom. The van der Waals surface area contributed by atoms with Gasteiger partial charge in [0.1, 0.15) is 5.82 Å². The summed E-state index contributed by atoms with van der Waals surface area (Å²) in [5.74, 6) is 0.526. The number of nitrogens with zero attached hydrogens (tertiary/aromatic N) is 1. The van der Waals surface area contributed by atoms with Crippen LogP contribution in [0.5, 0.6) is 0 Å². The zero-order valence-corrected chi connectivity index (χ0v) is 8.72. The van der Waals surface area contributed by atoms with Crippen LogP contribution in [0, 0.1) is 0 Å². The third-order valence-corrected chi connectivity index (χ3v) is 1.49. The van der Waals surface area contributed by atoms with E-state index in [1.165, 1.54) is 11.3 Å². The SMILES string of the molecule is CCNN1NC(=O)C=C(NC(C)C)N1. The molecule has 0 aliphatic carbocycles. The molecule has 0 unspecified atom stereocenters. The van der Waals surface area contributed by atoms with Crippen molar-refractivity contribution < 1.29 is 4.79 Å². The highest BCUT2D eigenvalue weighted by atomic mass is 16.2.